The summed E-state index contributed by atoms with van der Waals surface area (Å²) in [6.45, 7) is 0.144. The summed E-state index contributed by atoms with van der Waals surface area (Å²) < 4.78 is 34.9. The number of rotatable bonds is 5. The first-order valence-corrected chi connectivity index (χ1v) is 6.80. The van der Waals surface area contributed by atoms with Crippen LogP contribution in [-0.4, -0.2) is 38.0 Å². The number of nitrogens with one attached hydrogen (secondary N) is 1. The second-order valence-electron chi connectivity index (χ2n) is 3.56. The van der Waals surface area contributed by atoms with Crippen LogP contribution in [0.2, 0.25) is 0 Å². The summed E-state index contributed by atoms with van der Waals surface area (Å²) in [5, 5.41) is 11.3. The number of benzene rings is 1. The van der Waals surface area contributed by atoms with Crippen LogP contribution in [0.5, 0.6) is 0 Å². The van der Waals surface area contributed by atoms with Crippen molar-refractivity contribution in [2.45, 2.75) is 0 Å². The van der Waals surface area contributed by atoms with Gasteiger partial charge in [0.2, 0.25) is 0 Å². The van der Waals surface area contributed by atoms with Gasteiger partial charge in [-0.15, -0.1) is 0 Å². The van der Waals surface area contributed by atoms with Crippen LogP contribution in [0.15, 0.2) is 18.2 Å². The van der Waals surface area contributed by atoms with E-state index in [0.717, 1.165) is 18.4 Å². The van der Waals surface area contributed by atoms with Gasteiger partial charge in [0.1, 0.15) is 15.7 Å². The Morgan fingerprint density at radius 3 is 2.59 bits per heavy atom. The molecule has 0 amide bonds. The minimum absolute atomic E-state index is 0.0741. The van der Waals surface area contributed by atoms with E-state index in [9.17, 15) is 17.6 Å². The van der Waals surface area contributed by atoms with Crippen molar-refractivity contribution in [3.8, 4) is 0 Å². The molecule has 2 N–H and O–H groups in total. The summed E-state index contributed by atoms with van der Waals surface area (Å²) in [5.74, 6) is -2.28. The Morgan fingerprint density at radius 2 is 2.12 bits per heavy atom. The molecule has 0 saturated carbocycles. The van der Waals surface area contributed by atoms with Gasteiger partial charge in [-0.3, -0.25) is 0 Å². The lowest BCUT2D eigenvalue weighted by Gasteiger charge is -2.06. The molecule has 0 aromatic heterocycles. The van der Waals surface area contributed by atoms with Crippen molar-refractivity contribution in [2.24, 2.45) is 0 Å². The number of anilines is 1. The van der Waals surface area contributed by atoms with Gasteiger partial charge in [0.25, 0.3) is 0 Å². The first kappa shape index (κ1) is 13.4. The van der Waals surface area contributed by atoms with Crippen molar-refractivity contribution in [3.05, 3.63) is 29.6 Å². The van der Waals surface area contributed by atoms with Gasteiger partial charge in [-0.2, -0.15) is 0 Å². The quantitative estimate of drug-likeness (QED) is 0.825. The maximum atomic E-state index is 13.2. The highest BCUT2D eigenvalue weighted by Gasteiger charge is 2.10. The number of sulfone groups is 1. The predicted molar refractivity (Wildman–Crippen MR) is 61.6 cm³/mol. The first-order valence-electron chi connectivity index (χ1n) is 4.74. The molecule has 0 saturated heterocycles. The maximum absolute atomic E-state index is 13.2. The third-order valence-electron chi connectivity index (χ3n) is 2.00. The smallest absolute Gasteiger partial charge is 0.338 e. The molecule has 0 aliphatic heterocycles. The Labute approximate surface area is 98.2 Å². The zero-order valence-corrected chi connectivity index (χ0v) is 9.92. The highest BCUT2D eigenvalue weighted by molar-refractivity contribution is 7.90. The molecule has 0 fully saturated rings. The fourth-order valence-corrected chi connectivity index (χ4v) is 1.65. The zero-order valence-electron chi connectivity index (χ0n) is 9.10. The topological polar surface area (TPSA) is 83.5 Å². The van der Waals surface area contributed by atoms with E-state index in [4.69, 9.17) is 5.11 Å². The van der Waals surface area contributed by atoms with Crippen LogP contribution in [0.25, 0.3) is 0 Å². The largest absolute Gasteiger partial charge is 0.478 e. The molecular formula is C10H12FNO4S. The Morgan fingerprint density at radius 1 is 1.47 bits per heavy atom. The molecule has 0 spiro atoms. The molecule has 17 heavy (non-hydrogen) atoms. The molecule has 5 nitrogen and oxygen atoms in total. The van der Waals surface area contributed by atoms with Gasteiger partial charge in [-0.25, -0.2) is 17.6 Å². The maximum Gasteiger partial charge on any atom is 0.338 e. The molecule has 0 unspecified atom stereocenters. The average molecular weight is 261 g/mol. The minimum Gasteiger partial charge on any atom is -0.478 e. The number of aromatic carboxylic acids is 1. The summed E-state index contributed by atoms with van der Waals surface area (Å²) in [5.41, 5.74) is -0.0742. The summed E-state index contributed by atoms with van der Waals surface area (Å²) in [4.78, 5) is 10.5. The molecule has 0 bridgehead atoms. The number of carboxylic acids is 1. The molecular weight excluding hydrogens is 249 g/mol. The highest BCUT2D eigenvalue weighted by Crippen LogP contribution is 2.14. The van der Waals surface area contributed by atoms with Crippen LogP contribution < -0.4 is 5.32 Å². The van der Waals surface area contributed by atoms with Crippen LogP contribution in [-0.2, 0) is 9.84 Å². The highest BCUT2D eigenvalue weighted by atomic mass is 32.2. The molecule has 94 valence electrons. The van der Waals surface area contributed by atoms with E-state index in [1.807, 2.05) is 0 Å². The van der Waals surface area contributed by atoms with Crippen molar-refractivity contribution in [1.82, 2.24) is 0 Å². The normalized spacial score (nSPS) is 11.2. The molecule has 0 atom stereocenters. The van der Waals surface area contributed by atoms with Crippen molar-refractivity contribution >= 4 is 21.5 Å². The van der Waals surface area contributed by atoms with Gasteiger partial charge in [0, 0.05) is 18.5 Å². The van der Waals surface area contributed by atoms with Crippen LogP contribution in [0, 0.1) is 5.82 Å². The molecule has 7 heteroatoms. The lowest BCUT2D eigenvalue weighted by Crippen LogP contribution is -2.14. The van der Waals surface area contributed by atoms with Gasteiger partial charge < -0.3 is 10.4 Å². The number of carbonyl (C=O) groups is 1. The monoisotopic (exact) mass is 261 g/mol. The van der Waals surface area contributed by atoms with Crippen LogP contribution in [0.3, 0.4) is 0 Å². The van der Waals surface area contributed by atoms with Gasteiger partial charge in [-0.05, 0) is 18.2 Å². The van der Waals surface area contributed by atoms with E-state index < -0.39 is 27.2 Å². The van der Waals surface area contributed by atoms with E-state index >= 15 is 0 Å². The van der Waals surface area contributed by atoms with Gasteiger partial charge in [-0.1, -0.05) is 0 Å². The van der Waals surface area contributed by atoms with Crippen LogP contribution in [0.4, 0.5) is 10.1 Å². The first-order chi connectivity index (χ1) is 7.79. The second kappa shape index (κ2) is 5.13. The molecule has 0 heterocycles. The molecule has 0 aliphatic carbocycles. The molecule has 1 aromatic rings. The summed E-state index contributed by atoms with van der Waals surface area (Å²) in [6.07, 6.45) is 1.10. The third-order valence-corrected chi connectivity index (χ3v) is 2.95. The lowest BCUT2D eigenvalue weighted by atomic mass is 10.2. The number of hydrogen-bond donors (Lipinski definition) is 2. The summed E-state index contributed by atoms with van der Waals surface area (Å²) >= 11 is 0. The Hall–Kier alpha value is -1.63. The lowest BCUT2D eigenvalue weighted by molar-refractivity contribution is 0.0692. The SMILES string of the molecule is CS(=O)(=O)CCNc1ccc(C(=O)O)c(F)c1. The van der Waals surface area contributed by atoms with E-state index in [-0.39, 0.29) is 12.3 Å². The van der Waals surface area contributed by atoms with Gasteiger partial charge >= 0.3 is 5.97 Å². The van der Waals surface area contributed by atoms with Crippen molar-refractivity contribution < 1.29 is 22.7 Å². The zero-order chi connectivity index (χ0) is 13.1. The molecule has 0 radical (unpaired) electrons. The Kier molecular flexibility index (Phi) is 4.06. The van der Waals surface area contributed by atoms with E-state index in [2.05, 4.69) is 5.32 Å². The molecule has 1 aromatic carbocycles. The fourth-order valence-electron chi connectivity index (χ4n) is 1.18. The van der Waals surface area contributed by atoms with Crippen LogP contribution >= 0.6 is 0 Å². The summed E-state index contributed by atoms with van der Waals surface area (Å²) in [6, 6.07) is 3.53. The molecule has 0 aliphatic rings. The van der Waals surface area contributed by atoms with E-state index in [1.54, 1.807) is 0 Å². The predicted octanol–water partition coefficient (Wildman–Crippen LogP) is 0.980. The number of hydrogen-bond acceptors (Lipinski definition) is 4. The van der Waals surface area contributed by atoms with E-state index in [1.165, 1.54) is 6.07 Å². The van der Waals surface area contributed by atoms with Crippen molar-refractivity contribution in [3.63, 3.8) is 0 Å². The Balaban J connectivity index is 2.68. The third kappa shape index (κ3) is 4.39. The van der Waals surface area contributed by atoms with Crippen molar-refractivity contribution in [1.29, 1.82) is 0 Å². The second-order valence-corrected chi connectivity index (χ2v) is 5.82. The van der Waals surface area contributed by atoms with Crippen molar-refractivity contribution in [2.75, 3.05) is 23.9 Å². The van der Waals surface area contributed by atoms with E-state index in [0.29, 0.717) is 5.69 Å². The van der Waals surface area contributed by atoms with Gasteiger partial charge in [0.15, 0.2) is 0 Å². The summed E-state index contributed by atoms with van der Waals surface area (Å²) in [7, 11) is -3.08. The standard InChI is InChI=1S/C10H12FNO4S/c1-17(15,16)5-4-12-7-2-3-8(10(13)14)9(11)6-7/h2-3,6,12H,4-5H2,1H3,(H,13,14). The minimum atomic E-state index is -3.08. The molecule has 1 rings (SSSR count). The van der Waals surface area contributed by atoms with Crippen LogP contribution in [0.1, 0.15) is 10.4 Å². The number of carboxylic acid groups (broad SMARTS) is 1. The average Bonchev–Trinajstić information content (AvgIpc) is 2.15. The Bertz CT molecular complexity index is 527. The van der Waals surface area contributed by atoms with Gasteiger partial charge in [0.05, 0.1) is 11.3 Å². The number of halogens is 1. The fraction of sp³-hybridized carbons (Fsp3) is 0.300.